The Morgan fingerprint density at radius 3 is 3.00 bits per heavy atom. The predicted molar refractivity (Wildman–Crippen MR) is 44.5 cm³/mol. The maximum Gasteiger partial charge on any atom is 0.268 e. The second-order valence-electron chi connectivity index (χ2n) is 2.56. The number of halogens is 1. The molecule has 0 aromatic rings. The van der Waals surface area contributed by atoms with Gasteiger partial charge in [-0.15, -0.1) is 11.6 Å². The number of aliphatic hydroxyl groups excluding tert-OH is 1. The smallest absolute Gasteiger partial charge is 0.268 e. The molecule has 0 saturated carbocycles. The van der Waals surface area contributed by atoms with Crippen LogP contribution in [0.25, 0.3) is 0 Å². The maximum absolute atomic E-state index is 10.3. The molecule has 1 aliphatic rings. The molecule has 1 N–H and O–H groups in total. The molecule has 4 nitrogen and oxygen atoms in total. The van der Waals surface area contributed by atoms with Crippen molar-refractivity contribution in [2.75, 3.05) is 5.88 Å². The third-order valence-electron chi connectivity index (χ3n) is 1.57. The van der Waals surface area contributed by atoms with Crippen molar-refractivity contribution in [1.29, 1.82) is 0 Å². The molecule has 1 unspecified atom stereocenters. The summed E-state index contributed by atoms with van der Waals surface area (Å²) in [6.45, 7) is 0. The fourth-order valence-electron chi connectivity index (χ4n) is 1.05. The molecular formula is C7H8ClNO3. The fourth-order valence-corrected chi connectivity index (χ4v) is 1.23. The van der Waals surface area contributed by atoms with Gasteiger partial charge in [0.2, 0.25) is 0 Å². The monoisotopic (exact) mass is 189 g/mol. The van der Waals surface area contributed by atoms with Gasteiger partial charge in [0.05, 0.1) is 11.0 Å². The van der Waals surface area contributed by atoms with Gasteiger partial charge in [-0.05, 0) is 12.0 Å². The summed E-state index contributed by atoms with van der Waals surface area (Å²) in [5.41, 5.74) is 0.614. The van der Waals surface area contributed by atoms with Crippen LogP contribution in [0.4, 0.5) is 0 Å². The van der Waals surface area contributed by atoms with Crippen molar-refractivity contribution in [1.82, 2.24) is 0 Å². The summed E-state index contributed by atoms with van der Waals surface area (Å²) in [7, 11) is 0. The zero-order chi connectivity index (χ0) is 9.14. The quantitative estimate of drug-likeness (QED) is 0.402. The minimum absolute atomic E-state index is 0.0793. The van der Waals surface area contributed by atoms with Gasteiger partial charge in [-0.1, -0.05) is 0 Å². The van der Waals surface area contributed by atoms with E-state index >= 15 is 0 Å². The van der Waals surface area contributed by atoms with Crippen molar-refractivity contribution in [3.05, 3.63) is 33.5 Å². The first kappa shape index (κ1) is 9.22. The zero-order valence-corrected chi connectivity index (χ0v) is 6.99. The van der Waals surface area contributed by atoms with Crippen molar-refractivity contribution in [2.45, 2.75) is 12.5 Å². The van der Waals surface area contributed by atoms with Crippen molar-refractivity contribution in [3.8, 4) is 0 Å². The van der Waals surface area contributed by atoms with Crippen LogP contribution in [0.3, 0.4) is 0 Å². The van der Waals surface area contributed by atoms with Gasteiger partial charge in [0.15, 0.2) is 0 Å². The van der Waals surface area contributed by atoms with E-state index in [2.05, 4.69) is 0 Å². The lowest BCUT2D eigenvalue weighted by Gasteiger charge is -2.11. The number of alkyl halides is 1. The molecule has 0 aliphatic heterocycles. The van der Waals surface area contributed by atoms with Gasteiger partial charge in [0.25, 0.3) is 5.70 Å². The number of nitrogens with zero attached hydrogens (tertiary/aromatic N) is 1. The first-order valence-corrected chi connectivity index (χ1v) is 3.96. The highest BCUT2D eigenvalue weighted by atomic mass is 35.5. The summed E-state index contributed by atoms with van der Waals surface area (Å²) >= 11 is 5.49. The van der Waals surface area contributed by atoms with E-state index in [1.165, 1.54) is 12.2 Å². The topological polar surface area (TPSA) is 63.4 Å². The van der Waals surface area contributed by atoms with Gasteiger partial charge in [-0.2, -0.15) is 0 Å². The molecule has 0 heterocycles. The highest BCUT2D eigenvalue weighted by Gasteiger charge is 2.18. The molecule has 12 heavy (non-hydrogen) atoms. The lowest BCUT2D eigenvalue weighted by Crippen LogP contribution is -2.13. The van der Waals surface area contributed by atoms with Crippen LogP contribution in [0.2, 0.25) is 0 Å². The van der Waals surface area contributed by atoms with E-state index in [1.807, 2.05) is 0 Å². The minimum atomic E-state index is -0.774. The largest absolute Gasteiger partial charge is 0.388 e. The Bertz CT molecular complexity index is 259. The molecule has 0 aromatic heterocycles. The SMILES string of the molecule is O=[N+]([O-])C1=CC(O)CC(CCl)=C1. The van der Waals surface area contributed by atoms with Crippen molar-refractivity contribution in [3.63, 3.8) is 0 Å². The number of rotatable bonds is 2. The second kappa shape index (κ2) is 3.69. The molecule has 66 valence electrons. The molecule has 5 heteroatoms. The summed E-state index contributed by atoms with van der Waals surface area (Å²) in [5.74, 6) is 0.224. The van der Waals surface area contributed by atoms with E-state index in [0.29, 0.717) is 12.0 Å². The predicted octanol–water partition coefficient (Wildman–Crippen LogP) is 1.08. The third kappa shape index (κ3) is 2.06. The summed E-state index contributed by atoms with van der Waals surface area (Å²) in [5, 5.41) is 19.4. The fraction of sp³-hybridized carbons (Fsp3) is 0.429. The van der Waals surface area contributed by atoms with Crippen molar-refractivity contribution < 1.29 is 10.0 Å². The Labute approximate surface area is 74.3 Å². The molecule has 1 rings (SSSR count). The van der Waals surface area contributed by atoms with Crippen LogP contribution >= 0.6 is 11.6 Å². The number of allylic oxidation sites excluding steroid dienone is 1. The van der Waals surface area contributed by atoms with E-state index in [-0.39, 0.29) is 11.6 Å². The second-order valence-corrected chi connectivity index (χ2v) is 2.82. The minimum Gasteiger partial charge on any atom is -0.388 e. The van der Waals surface area contributed by atoms with Gasteiger partial charge < -0.3 is 5.11 Å². The standard InChI is InChI=1S/C7H8ClNO3/c8-4-5-1-6(9(11)12)3-7(10)2-5/h1,3,7,10H,2,4H2. The lowest BCUT2D eigenvalue weighted by atomic mass is 10.0. The van der Waals surface area contributed by atoms with Gasteiger partial charge in [0, 0.05) is 18.0 Å². The van der Waals surface area contributed by atoms with E-state index in [9.17, 15) is 10.1 Å². The average Bonchev–Trinajstić information content (AvgIpc) is 2.03. The normalized spacial score (nSPS) is 23.0. The first-order valence-electron chi connectivity index (χ1n) is 3.43. The maximum atomic E-state index is 10.3. The highest BCUT2D eigenvalue weighted by Crippen LogP contribution is 2.18. The Morgan fingerprint density at radius 2 is 2.50 bits per heavy atom. The molecular weight excluding hydrogens is 182 g/mol. The number of hydrogen-bond acceptors (Lipinski definition) is 3. The van der Waals surface area contributed by atoms with Gasteiger partial charge >= 0.3 is 0 Å². The Morgan fingerprint density at radius 1 is 1.83 bits per heavy atom. The molecule has 0 amide bonds. The molecule has 0 saturated heterocycles. The van der Waals surface area contributed by atoms with Crippen LogP contribution in [0.5, 0.6) is 0 Å². The van der Waals surface area contributed by atoms with Crippen molar-refractivity contribution >= 4 is 11.6 Å². The summed E-state index contributed by atoms with van der Waals surface area (Å²) < 4.78 is 0. The summed E-state index contributed by atoms with van der Waals surface area (Å²) in [4.78, 5) is 9.77. The van der Waals surface area contributed by atoms with Crippen LogP contribution in [0, 0.1) is 10.1 Å². The Balaban J connectivity index is 2.86. The summed E-state index contributed by atoms with van der Waals surface area (Å²) in [6, 6.07) is 0. The average molecular weight is 190 g/mol. The van der Waals surface area contributed by atoms with Gasteiger partial charge in [-0.3, -0.25) is 10.1 Å². The van der Waals surface area contributed by atoms with E-state index in [4.69, 9.17) is 16.7 Å². The molecule has 0 fully saturated rings. The molecule has 1 atom stereocenters. The third-order valence-corrected chi connectivity index (χ3v) is 1.91. The zero-order valence-electron chi connectivity index (χ0n) is 6.24. The van der Waals surface area contributed by atoms with Crippen LogP contribution in [0.15, 0.2) is 23.4 Å². The van der Waals surface area contributed by atoms with E-state index in [1.54, 1.807) is 0 Å². The first-order chi connectivity index (χ1) is 5.63. The number of aliphatic hydroxyl groups is 1. The van der Waals surface area contributed by atoms with Crippen LogP contribution in [-0.2, 0) is 0 Å². The van der Waals surface area contributed by atoms with Gasteiger partial charge in [0.1, 0.15) is 0 Å². The molecule has 1 aliphatic carbocycles. The van der Waals surface area contributed by atoms with E-state index in [0.717, 1.165) is 0 Å². The van der Waals surface area contributed by atoms with Crippen LogP contribution in [-0.4, -0.2) is 22.0 Å². The Hall–Kier alpha value is -0.870. The number of nitro groups is 1. The van der Waals surface area contributed by atoms with E-state index < -0.39 is 11.0 Å². The molecule has 0 spiro atoms. The highest BCUT2D eigenvalue weighted by molar-refractivity contribution is 6.19. The summed E-state index contributed by atoms with van der Waals surface area (Å²) in [6.07, 6.45) is 2.24. The van der Waals surface area contributed by atoms with Crippen LogP contribution < -0.4 is 0 Å². The molecule has 0 bridgehead atoms. The Kier molecular flexibility index (Phi) is 2.83. The lowest BCUT2D eigenvalue weighted by molar-refractivity contribution is -0.420. The number of hydrogen-bond donors (Lipinski definition) is 1. The molecule has 0 radical (unpaired) electrons. The van der Waals surface area contributed by atoms with Crippen LogP contribution in [0.1, 0.15) is 6.42 Å². The van der Waals surface area contributed by atoms with Crippen molar-refractivity contribution in [2.24, 2.45) is 0 Å². The van der Waals surface area contributed by atoms with Gasteiger partial charge in [-0.25, -0.2) is 0 Å². The molecule has 0 aromatic carbocycles.